The van der Waals surface area contributed by atoms with E-state index >= 15 is 0 Å². The van der Waals surface area contributed by atoms with Gasteiger partial charge in [-0.2, -0.15) is 4.98 Å². The highest BCUT2D eigenvalue weighted by molar-refractivity contribution is 5.44. The second-order valence-electron chi connectivity index (χ2n) is 5.10. The molecule has 1 aromatic rings. The van der Waals surface area contributed by atoms with Crippen molar-refractivity contribution in [2.75, 3.05) is 32.0 Å². The Balaban J connectivity index is 1.93. The third kappa shape index (κ3) is 3.80. The van der Waals surface area contributed by atoms with Gasteiger partial charge in [-0.15, -0.1) is 0 Å². The first-order chi connectivity index (χ1) is 9.20. The van der Waals surface area contributed by atoms with Crippen LogP contribution in [0.15, 0.2) is 0 Å². The summed E-state index contributed by atoms with van der Waals surface area (Å²) in [6.07, 6.45) is 4.46. The minimum Gasteiger partial charge on any atom is -0.476 e. The van der Waals surface area contributed by atoms with Gasteiger partial charge >= 0.3 is 0 Å². The second-order valence-corrected chi connectivity index (χ2v) is 5.10. The van der Waals surface area contributed by atoms with Crippen LogP contribution >= 0.6 is 0 Å². The van der Waals surface area contributed by atoms with Crippen LogP contribution in [-0.4, -0.2) is 41.1 Å². The topological polar surface area (TPSA) is 64.3 Å². The Bertz CT molecular complexity index is 416. The van der Waals surface area contributed by atoms with Gasteiger partial charge in [0.05, 0.1) is 5.56 Å². The summed E-state index contributed by atoms with van der Waals surface area (Å²) >= 11 is 0. The summed E-state index contributed by atoms with van der Waals surface area (Å²) in [7, 11) is 0. The SMILES string of the molecule is CCCc1nc(N)c(C)c(OCCN2CCCC2)n1. The van der Waals surface area contributed by atoms with Crippen LogP contribution in [0.4, 0.5) is 5.82 Å². The van der Waals surface area contributed by atoms with E-state index in [1.54, 1.807) is 0 Å². The summed E-state index contributed by atoms with van der Waals surface area (Å²) in [6.45, 7) is 8.03. The molecule has 0 unspecified atom stereocenters. The Morgan fingerprint density at radius 2 is 2.00 bits per heavy atom. The predicted octanol–water partition coefficient (Wildman–Crippen LogP) is 1.79. The fraction of sp³-hybridized carbons (Fsp3) is 0.714. The number of anilines is 1. The zero-order chi connectivity index (χ0) is 13.7. The Labute approximate surface area is 115 Å². The van der Waals surface area contributed by atoms with E-state index in [0.29, 0.717) is 18.3 Å². The first-order valence-corrected chi connectivity index (χ1v) is 7.19. The van der Waals surface area contributed by atoms with Crippen LogP contribution in [0.5, 0.6) is 5.88 Å². The van der Waals surface area contributed by atoms with Crippen LogP contribution in [0, 0.1) is 6.92 Å². The fourth-order valence-corrected chi connectivity index (χ4v) is 2.31. The van der Waals surface area contributed by atoms with Gasteiger partial charge in [0.25, 0.3) is 0 Å². The highest BCUT2D eigenvalue weighted by Gasteiger charge is 2.13. The lowest BCUT2D eigenvalue weighted by Gasteiger charge is -2.16. The summed E-state index contributed by atoms with van der Waals surface area (Å²) in [5.41, 5.74) is 6.75. The molecule has 0 atom stereocenters. The molecule has 0 spiro atoms. The number of aryl methyl sites for hydroxylation is 1. The van der Waals surface area contributed by atoms with E-state index in [1.165, 1.54) is 25.9 Å². The van der Waals surface area contributed by atoms with Gasteiger partial charge in [-0.3, -0.25) is 4.90 Å². The maximum absolute atomic E-state index is 5.90. The van der Waals surface area contributed by atoms with Crippen LogP contribution in [0.2, 0.25) is 0 Å². The normalized spacial score (nSPS) is 15.9. The van der Waals surface area contributed by atoms with Crippen molar-refractivity contribution in [3.05, 3.63) is 11.4 Å². The zero-order valence-corrected chi connectivity index (χ0v) is 12.0. The number of nitrogen functional groups attached to an aromatic ring is 1. The summed E-state index contributed by atoms with van der Waals surface area (Å²) in [4.78, 5) is 11.2. The minimum absolute atomic E-state index is 0.537. The summed E-state index contributed by atoms with van der Waals surface area (Å²) in [5, 5.41) is 0. The predicted molar refractivity (Wildman–Crippen MR) is 76.3 cm³/mol. The van der Waals surface area contributed by atoms with E-state index in [9.17, 15) is 0 Å². The molecule has 2 heterocycles. The van der Waals surface area contributed by atoms with Crippen molar-refractivity contribution in [1.29, 1.82) is 0 Å². The average molecular weight is 264 g/mol. The van der Waals surface area contributed by atoms with Gasteiger partial charge in [-0.05, 0) is 39.3 Å². The van der Waals surface area contributed by atoms with Crippen molar-refractivity contribution in [1.82, 2.24) is 14.9 Å². The van der Waals surface area contributed by atoms with Gasteiger partial charge in [0, 0.05) is 13.0 Å². The molecular formula is C14H24N4O. The molecular weight excluding hydrogens is 240 g/mol. The second kappa shape index (κ2) is 6.70. The smallest absolute Gasteiger partial charge is 0.221 e. The Morgan fingerprint density at radius 3 is 2.68 bits per heavy atom. The molecule has 1 saturated heterocycles. The zero-order valence-electron chi connectivity index (χ0n) is 12.0. The molecule has 0 aromatic carbocycles. The van der Waals surface area contributed by atoms with Gasteiger partial charge < -0.3 is 10.5 Å². The van der Waals surface area contributed by atoms with E-state index in [1.807, 2.05) is 6.92 Å². The van der Waals surface area contributed by atoms with Crippen molar-refractivity contribution in [3.8, 4) is 5.88 Å². The van der Waals surface area contributed by atoms with Crippen LogP contribution in [0.3, 0.4) is 0 Å². The fourth-order valence-electron chi connectivity index (χ4n) is 2.31. The summed E-state index contributed by atoms with van der Waals surface area (Å²) < 4.78 is 5.79. The summed E-state index contributed by atoms with van der Waals surface area (Å²) in [5.74, 6) is 1.96. The minimum atomic E-state index is 0.537. The number of hydrogen-bond donors (Lipinski definition) is 1. The molecule has 106 valence electrons. The standard InChI is InChI=1S/C14H24N4O/c1-3-6-12-16-13(15)11(2)14(17-12)19-10-9-18-7-4-5-8-18/h3-10H2,1-2H3,(H2,15,16,17). The number of likely N-dealkylation sites (tertiary alicyclic amines) is 1. The molecule has 5 nitrogen and oxygen atoms in total. The van der Waals surface area contributed by atoms with E-state index in [2.05, 4.69) is 21.8 Å². The van der Waals surface area contributed by atoms with Crippen molar-refractivity contribution in [2.24, 2.45) is 0 Å². The monoisotopic (exact) mass is 264 g/mol. The third-order valence-corrected chi connectivity index (χ3v) is 3.50. The number of nitrogens with two attached hydrogens (primary N) is 1. The van der Waals surface area contributed by atoms with E-state index < -0.39 is 0 Å². The lowest BCUT2D eigenvalue weighted by atomic mass is 10.3. The molecule has 1 aliphatic rings. The quantitative estimate of drug-likeness (QED) is 0.848. The van der Waals surface area contributed by atoms with Gasteiger partial charge in [0.2, 0.25) is 5.88 Å². The number of hydrogen-bond acceptors (Lipinski definition) is 5. The molecule has 5 heteroatoms. The van der Waals surface area contributed by atoms with E-state index in [-0.39, 0.29) is 0 Å². The number of rotatable bonds is 6. The number of nitrogens with zero attached hydrogens (tertiary/aromatic N) is 3. The molecule has 0 saturated carbocycles. The van der Waals surface area contributed by atoms with Gasteiger partial charge in [0.15, 0.2) is 0 Å². The van der Waals surface area contributed by atoms with Crippen molar-refractivity contribution < 1.29 is 4.74 Å². The average Bonchev–Trinajstić information content (AvgIpc) is 2.88. The number of ether oxygens (including phenoxy) is 1. The van der Waals surface area contributed by atoms with Crippen LogP contribution < -0.4 is 10.5 Å². The highest BCUT2D eigenvalue weighted by Crippen LogP contribution is 2.20. The van der Waals surface area contributed by atoms with Gasteiger partial charge in [0.1, 0.15) is 18.2 Å². The third-order valence-electron chi connectivity index (χ3n) is 3.50. The first kappa shape index (κ1) is 14.1. The van der Waals surface area contributed by atoms with Crippen LogP contribution in [-0.2, 0) is 6.42 Å². The van der Waals surface area contributed by atoms with Crippen molar-refractivity contribution >= 4 is 5.82 Å². The Morgan fingerprint density at radius 1 is 1.26 bits per heavy atom. The van der Waals surface area contributed by atoms with Crippen LogP contribution in [0.1, 0.15) is 37.6 Å². The molecule has 0 bridgehead atoms. The summed E-state index contributed by atoms with van der Waals surface area (Å²) in [6, 6.07) is 0. The molecule has 1 fully saturated rings. The van der Waals surface area contributed by atoms with Crippen molar-refractivity contribution in [3.63, 3.8) is 0 Å². The Hall–Kier alpha value is -1.36. The molecule has 2 rings (SSSR count). The maximum atomic E-state index is 5.90. The lowest BCUT2D eigenvalue weighted by molar-refractivity contribution is 0.230. The highest BCUT2D eigenvalue weighted by atomic mass is 16.5. The van der Waals surface area contributed by atoms with Gasteiger partial charge in [-0.1, -0.05) is 6.92 Å². The number of aromatic nitrogens is 2. The van der Waals surface area contributed by atoms with Crippen molar-refractivity contribution in [2.45, 2.75) is 39.5 Å². The van der Waals surface area contributed by atoms with Gasteiger partial charge in [-0.25, -0.2) is 4.98 Å². The molecule has 1 aliphatic heterocycles. The molecule has 19 heavy (non-hydrogen) atoms. The molecule has 2 N–H and O–H groups in total. The van der Waals surface area contributed by atoms with E-state index in [0.717, 1.165) is 30.8 Å². The van der Waals surface area contributed by atoms with Crippen LogP contribution in [0.25, 0.3) is 0 Å². The Kier molecular flexibility index (Phi) is 4.96. The molecule has 0 radical (unpaired) electrons. The molecule has 0 amide bonds. The first-order valence-electron chi connectivity index (χ1n) is 7.19. The van der Waals surface area contributed by atoms with E-state index in [4.69, 9.17) is 10.5 Å². The molecule has 1 aromatic heterocycles. The lowest BCUT2D eigenvalue weighted by Crippen LogP contribution is -2.25. The maximum Gasteiger partial charge on any atom is 0.221 e. The largest absolute Gasteiger partial charge is 0.476 e. The molecule has 0 aliphatic carbocycles.